The van der Waals surface area contributed by atoms with Gasteiger partial charge in [0.25, 0.3) is 0 Å². The van der Waals surface area contributed by atoms with E-state index in [0.29, 0.717) is 45.0 Å². The first-order chi connectivity index (χ1) is 10.1. The van der Waals surface area contributed by atoms with E-state index in [9.17, 15) is 12.8 Å². The molecule has 0 radical (unpaired) electrons. The van der Waals surface area contributed by atoms with Gasteiger partial charge in [-0.15, -0.1) is 0 Å². The van der Waals surface area contributed by atoms with E-state index in [1.165, 1.54) is 26.8 Å². The second kappa shape index (κ2) is 7.17. The van der Waals surface area contributed by atoms with Crippen molar-refractivity contribution in [2.75, 3.05) is 43.7 Å². The van der Waals surface area contributed by atoms with Gasteiger partial charge in [0, 0.05) is 19.6 Å². The number of halogens is 1. The molecule has 0 bridgehead atoms. The van der Waals surface area contributed by atoms with Gasteiger partial charge in [0.1, 0.15) is 5.82 Å². The zero-order chi connectivity index (χ0) is 15.3. The van der Waals surface area contributed by atoms with Crippen molar-refractivity contribution in [1.29, 1.82) is 0 Å². The van der Waals surface area contributed by atoms with E-state index >= 15 is 0 Å². The standard InChI is InChI=1S/C13H20FN3O3S/c14-12-3-1-4-13(11-12)17(6-2-5-15)21(18,19)16-7-9-20-10-8-16/h1,3-4,11H,2,5-10,15H2. The molecule has 21 heavy (non-hydrogen) atoms. The molecule has 1 aliphatic rings. The van der Waals surface area contributed by atoms with Crippen LogP contribution in [0.1, 0.15) is 6.42 Å². The van der Waals surface area contributed by atoms with Crippen LogP contribution in [0.25, 0.3) is 0 Å². The SMILES string of the molecule is NCCCN(c1cccc(F)c1)S(=O)(=O)N1CCOCC1. The Morgan fingerprint density at radius 2 is 2.05 bits per heavy atom. The smallest absolute Gasteiger partial charge is 0.304 e. The van der Waals surface area contributed by atoms with Crippen LogP contribution in [0.15, 0.2) is 24.3 Å². The van der Waals surface area contributed by atoms with Gasteiger partial charge in [-0.2, -0.15) is 12.7 Å². The number of ether oxygens (including phenoxy) is 1. The Morgan fingerprint density at radius 1 is 1.33 bits per heavy atom. The van der Waals surface area contributed by atoms with Crippen molar-refractivity contribution in [3.63, 3.8) is 0 Å². The Hall–Kier alpha value is -1.22. The van der Waals surface area contributed by atoms with Crippen molar-refractivity contribution in [3.8, 4) is 0 Å². The highest BCUT2D eigenvalue weighted by molar-refractivity contribution is 7.90. The molecule has 118 valence electrons. The zero-order valence-corrected chi connectivity index (χ0v) is 12.6. The molecule has 0 saturated carbocycles. The van der Waals surface area contributed by atoms with Crippen LogP contribution in [0, 0.1) is 5.82 Å². The van der Waals surface area contributed by atoms with Gasteiger partial charge < -0.3 is 10.5 Å². The molecule has 1 saturated heterocycles. The predicted molar refractivity (Wildman–Crippen MR) is 78.7 cm³/mol. The number of hydrogen-bond acceptors (Lipinski definition) is 4. The van der Waals surface area contributed by atoms with E-state index in [2.05, 4.69) is 0 Å². The van der Waals surface area contributed by atoms with Gasteiger partial charge >= 0.3 is 10.2 Å². The average Bonchev–Trinajstić information content (AvgIpc) is 2.48. The fraction of sp³-hybridized carbons (Fsp3) is 0.538. The third-order valence-electron chi connectivity index (χ3n) is 3.24. The Bertz CT molecular complexity index is 562. The van der Waals surface area contributed by atoms with Crippen molar-refractivity contribution in [3.05, 3.63) is 30.1 Å². The highest BCUT2D eigenvalue weighted by Crippen LogP contribution is 2.22. The third-order valence-corrected chi connectivity index (χ3v) is 5.20. The van der Waals surface area contributed by atoms with Crippen LogP contribution in [0.3, 0.4) is 0 Å². The summed E-state index contributed by atoms with van der Waals surface area (Å²) in [5.41, 5.74) is 5.79. The van der Waals surface area contributed by atoms with Gasteiger partial charge in [-0.1, -0.05) is 6.07 Å². The Balaban J connectivity index is 2.30. The first-order valence-corrected chi connectivity index (χ1v) is 8.26. The van der Waals surface area contributed by atoms with Crippen LogP contribution in [0.4, 0.5) is 10.1 Å². The number of nitrogens with zero attached hydrogens (tertiary/aromatic N) is 2. The van der Waals surface area contributed by atoms with Crippen LogP contribution in [0.2, 0.25) is 0 Å². The maximum absolute atomic E-state index is 13.4. The zero-order valence-electron chi connectivity index (χ0n) is 11.7. The van der Waals surface area contributed by atoms with E-state index < -0.39 is 16.0 Å². The minimum atomic E-state index is -3.70. The largest absolute Gasteiger partial charge is 0.379 e. The maximum Gasteiger partial charge on any atom is 0.304 e. The quantitative estimate of drug-likeness (QED) is 0.832. The molecule has 0 aliphatic carbocycles. The molecule has 0 unspecified atom stereocenters. The lowest BCUT2D eigenvalue weighted by Gasteiger charge is -2.33. The summed E-state index contributed by atoms with van der Waals surface area (Å²) in [6.07, 6.45) is 0.500. The Morgan fingerprint density at radius 3 is 2.67 bits per heavy atom. The fourth-order valence-electron chi connectivity index (χ4n) is 2.16. The van der Waals surface area contributed by atoms with Crippen molar-refractivity contribution in [2.45, 2.75) is 6.42 Å². The van der Waals surface area contributed by atoms with Crippen LogP contribution in [-0.2, 0) is 14.9 Å². The lowest BCUT2D eigenvalue weighted by atomic mass is 10.3. The number of rotatable bonds is 6. The molecule has 8 heteroatoms. The maximum atomic E-state index is 13.4. The van der Waals surface area contributed by atoms with Crippen LogP contribution >= 0.6 is 0 Å². The Labute approximate surface area is 124 Å². The van der Waals surface area contributed by atoms with Crippen LogP contribution in [0.5, 0.6) is 0 Å². The average molecular weight is 317 g/mol. The van der Waals surface area contributed by atoms with Crippen molar-refractivity contribution < 1.29 is 17.5 Å². The molecule has 0 aromatic heterocycles. The summed E-state index contributed by atoms with van der Waals surface area (Å²) in [6, 6.07) is 5.58. The highest BCUT2D eigenvalue weighted by Gasteiger charge is 2.31. The second-order valence-corrected chi connectivity index (χ2v) is 6.57. The van der Waals surface area contributed by atoms with E-state index in [-0.39, 0.29) is 6.54 Å². The minimum absolute atomic E-state index is 0.222. The van der Waals surface area contributed by atoms with E-state index in [0.717, 1.165) is 0 Å². The van der Waals surface area contributed by atoms with E-state index in [1.54, 1.807) is 6.07 Å². The first-order valence-electron chi connectivity index (χ1n) is 6.87. The lowest BCUT2D eigenvalue weighted by molar-refractivity contribution is 0.0729. The van der Waals surface area contributed by atoms with Crippen molar-refractivity contribution in [2.24, 2.45) is 5.73 Å². The normalized spacial score (nSPS) is 16.9. The highest BCUT2D eigenvalue weighted by atomic mass is 32.2. The van der Waals surface area contributed by atoms with Crippen LogP contribution < -0.4 is 10.0 Å². The summed E-state index contributed by atoms with van der Waals surface area (Å²) < 4.78 is 46.6. The number of nitrogens with two attached hydrogens (primary N) is 1. The molecule has 2 N–H and O–H groups in total. The summed E-state index contributed by atoms with van der Waals surface area (Å²) in [5.74, 6) is -0.470. The van der Waals surface area contributed by atoms with Gasteiger partial charge in [0.15, 0.2) is 0 Å². The predicted octanol–water partition coefficient (Wildman–Crippen LogP) is 0.558. The van der Waals surface area contributed by atoms with E-state index in [1.807, 2.05) is 0 Å². The molecule has 1 aliphatic heterocycles. The van der Waals surface area contributed by atoms with Gasteiger partial charge in [-0.05, 0) is 31.2 Å². The van der Waals surface area contributed by atoms with Crippen molar-refractivity contribution in [1.82, 2.24) is 4.31 Å². The molecular weight excluding hydrogens is 297 g/mol. The summed E-state index contributed by atoms with van der Waals surface area (Å²) in [6.45, 7) is 1.93. The van der Waals surface area contributed by atoms with Crippen LogP contribution in [-0.4, -0.2) is 52.1 Å². The number of hydrogen-bond donors (Lipinski definition) is 1. The molecular formula is C13H20FN3O3S. The summed E-state index contributed by atoms with van der Waals surface area (Å²) in [4.78, 5) is 0. The lowest BCUT2D eigenvalue weighted by Crippen LogP contribution is -2.49. The second-order valence-electron chi connectivity index (χ2n) is 4.71. The molecule has 0 atom stereocenters. The summed E-state index contributed by atoms with van der Waals surface area (Å²) in [7, 11) is -3.70. The van der Waals surface area contributed by atoms with Gasteiger partial charge in [0.2, 0.25) is 0 Å². The number of benzene rings is 1. The minimum Gasteiger partial charge on any atom is -0.379 e. The monoisotopic (exact) mass is 317 g/mol. The van der Waals surface area contributed by atoms with Gasteiger partial charge in [-0.25, -0.2) is 4.39 Å². The molecule has 2 rings (SSSR count). The molecule has 1 aromatic carbocycles. The summed E-state index contributed by atoms with van der Waals surface area (Å²) >= 11 is 0. The molecule has 1 aromatic rings. The number of anilines is 1. The first kappa shape index (κ1) is 16.2. The van der Waals surface area contributed by atoms with Crippen molar-refractivity contribution >= 4 is 15.9 Å². The molecule has 0 amide bonds. The molecule has 1 heterocycles. The van der Waals surface area contributed by atoms with Gasteiger partial charge in [-0.3, -0.25) is 4.31 Å². The fourth-order valence-corrected chi connectivity index (χ4v) is 3.79. The Kier molecular flexibility index (Phi) is 5.51. The topological polar surface area (TPSA) is 75.9 Å². The molecule has 1 fully saturated rings. The summed E-state index contributed by atoms with van der Waals surface area (Å²) in [5, 5.41) is 0. The van der Waals surface area contributed by atoms with Gasteiger partial charge in [0.05, 0.1) is 18.9 Å². The number of morpholine rings is 1. The van der Waals surface area contributed by atoms with E-state index in [4.69, 9.17) is 10.5 Å². The molecule has 6 nitrogen and oxygen atoms in total. The third kappa shape index (κ3) is 3.91. The molecule has 0 spiro atoms.